The molecule has 8 nitrogen and oxygen atoms in total. The van der Waals surface area contributed by atoms with Gasteiger partial charge in [-0.1, -0.05) is 81.5 Å². The number of nitro benzene ring substituents is 1. The van der Waals surface area contributed by atoms with Gasteiger partial charge in [0.15, 0.2) is 0 Å². The molecule has 0 aliphatic heterocycles. The molecular formula is C28H24Br2N4O4. The van der Waals surface area contributed by atoms with Crippen LogP contribution in [0.5, 0.6) is 5.75 Å². The van der Waals surface area contributed by atoms with Crippen LogP contribution in [0.15, 0.2) is 79.5 Å². The lowest BCUT2D eigenvalue weighted by Crippen LogP contribution is -2.25. The van der Waals surface area contributed by atoms with Gasteiger partial charge in [-0.3, -0.25) is 14.9 Å². The maximum absolute atomic E-state index is 13.6. The number of nitrogens with zero attached hydrogens (tertiary/aromatic N) is 4. The molecule has 0 unspecified atom stereocenters. The van der Waals surface area contributed by atoms with E-state index >= 15 is 0 Å². The summed E-state index contributed by atoms with van der Waals surface area (Å²) >= 11 is 6.80. The summed E-state index contributed by atoms with van der Waals surface area (Å²) in [4.78, 5) is 29.9. The first-order valence-corrected chi connectivity index (χ1v) is 13.9. The summed E-state index contributed by atoms with van der Waals surface area (Å²) in [7, 11) is 0. The summed E-state index contributed by atoms with van der Waals surface area (Å²) in [6.07, 6.45) is 6.59. The fourth-order valence-corrected chi connectivity index (χ4v) is 5.57. The van der Waals surface area contributed by atoms with Gasteiger partial charge in [-0.15, -0.1) is 0 Å². The van der Waals surface area contributed by atoms with E-state index in [-0.39, 0.29) is 29.5 Å². The summed E-state index contributed by atoms with van der Waals surface area (Å²) in [5.74, 6) is 0.791. The van der Waals surface area contributed by atoms with Crippen LogP contribution in [0.2, 0.25) is 0 Å². The number of halogens is 2. The highest BCUT2D eigenvalue weighted by Gasteiger charge is 2.24. The molecule has 0 atom stereocenters. The standard InChI is InChI=1S/C28H24Br2N4O4/c29-21-11-12-24-23(14-21)28(35)33(27(32-24)19-9-5-2-6-10-19)31-16-20-13-22(30)15-25(34(36)37)26(20)38-17-18-7-3-1-4-8-18/h1,3-4,7-8,11-16,19H,2,5-6,9-10,17H2. The topological polar surface area (TPSA) is 99.6 Å². The highest BCUT2D eigenvalue weighted by Crippen LogP contribution is 2.35. The maximum atomic E-state index is 13.6. The first kappa shape index (κ1) is 26.2. The lowest BCUT2D eigenvalue weighted by molar-refractivity contribution is -0.386. The monoisotopic (exact) mass is 638 g/mol. The van der Waals surface area contributed by atoms with E-state index in [0.29, 0.717) is 26.8 Å². The average Bonchev–Trinajstić information content (AvgIpc) is 2.93. The van der Waals surface area contributed by atoms with E-state index in [1.807, 2.05) is 42.5 Å². The van der Waals surface area contributed by atoms with Crippen LogP contribution < -0.4 is 10.3 Å². The van der Waals surface area contributed by atoms with E-state index in [1.165, 1.54) is 17.0 Å². The van der Waals surface area contributed by atoms with E-state index in [0.717, 1.165) is 42.1 Å². The summed E-state index contributed by atoms with van der Waals surface area (Å²) in [5.41, 5.74) is 1.38. The lowest BCUT2D eigenvalue weighted by Gasteiger charge is -2.22. The number of ether oxygens (including phenoxy) is 1. The maximum Gasteiger partial charge on any atom is 0.312 e. The minimum Gasteiger partial charge on any atom is -0.481 e. The summed E-state index contributed by atoms with van der Waals surface area (Å²) in [6, 6.07) is 17.9. The van der Waals surface area contributed by atoms with Gasteiger partial charge in [0.1, 0.15) is 12.4 Å². The zero-order chi connectivity index (χ0) is 26.6. The Kier molecular flexibility index (Phi) is 7.99. The number of aromatic nitrogens is 2. The third kappa shape index (κ3) is 5.71. The molecule has 3 aromatic carbocycles. The van der Waals surface area contributed by atoms with Crippen molar-refractivity contribution in [1.29, 1.82) is 0 Å². The minimum absolute atomic E-state index is 0.0783. The number of hydrogen-bond acceptors (Lipinski definition) is 6. The molecule has 0 N–H and O–H groups in total. The molecule has 5 rings (SSSR count). The highest BCUT2D eigenvalue weighted by atomic mass is 79.9. The van der Waals surface area contributed by atoms with Crippen molar-refractivity contribution in [2.24, 2.45) is 5.10 Å². The Balaban J connectivity index is 1.62. The van der Waals surface area contributed by atoms with Crippen LogP contribution in [0.4, 0.5) is 5.69 Å². The van der Waals surface area contributed by atoms with E-state index in [4.69, 9.17) is 9.72 Å². The van der Waals surface area contributed by atoms with Gasteiger partial charge < -0.3 is 4.74 Å². The van der Waals surface area contributed by atoms with Gasteiger partial charge in [-0.05, 0) is 42.7 Å². The van der Waals surface area contributed by atoms with E-state index in [1.54, 1.807) is 12.1 Å². The second kappa shape index (κ2) is 11.6. The Bertz CT molecular complexity index is 1580. The molecule has 0 saturated heterocycles. The predicted molar refractivity (Wildman–Crippen MR) is 154 cm³/mol. The molecule has 0 spiro atoms. The van der Waals surface area contributed by atoms with Crippen LogP contribution >= 0.6 is 31.9 Å². The van der Waals surface area contributed by atoms with Crippen LogP contribution in [0.1, 0.15) is 55.0 Å². The van der Waals surface area contributed by atoms with Gasteiger partial charge >= 0.3 is 5.69 Å². The van der Waals surface area contributed by atoms with Crippen molar-refractivity contribution in [3.05, 3.63) is 107 Å². The zero-order valence-corrected chi connectivity index (χ0v) is 23.5. The Labute approximate surface area is 235 Å². The van der Waals surface area contributed by atoms with E-state index < -0.39 is 4.92 Å². The molecule has 0 amide bonds. The van der Waals surface area contributed by atoms with Crippen molar-refractivity contribution in [2.75, 3.05) is 0 Å². The molecule has 1 aliphatic carbocycles. The molecule has 10 heteroatoms. The number of nitro groups is 1. The molecule has 4 aromatic rings. The van der Waals surface area contributed by atoms with Gasteiger partial charge in [0.05, 0.1) is 22.0 Å². The van der Waals surface area contributed by atoms with E-state index in [9.17, 15) is 14.9 Å². The normalized spacial score (nSPS) is 14.3. The number of benzene rings is 3. The van der Waals surface area contributed by atoms with Gasteiger partial charge in [0.2, 0.25) is 5.75 Å². The zero-order valence-electron chi connectivity index (χ0n) is 20.3. The summed E-state index contributed by atoms with van der Waals surface area (Å²) < 4.78 is 8.57. The molecule has 0 radical (unpaired) electrons. The largest absolute Gasteiger partial charge is 0.481 e. The SMILES string of the molecule is O=c1c2cc(Br)ccc2nc(C2CCCCC2)n1N=Cc1cc(Br)cc([N+](=O)[O-])c1OCc1ccccc1. The molecule has 1 aromatic heterocycles. The molecule has 1 saturated carbocycles. The van der Waals surface area contributed by atoms with Gasteiger partial charge in [-0.25, -0.2) is 4.98 Å². The molecule has 1 fully saturated rings. The van der Waals surface area contributed by atoms with Gasteiger partial charge in [0, 0.05) is 26.5 Å². The second-order valence-corrected chi connectivity index (χ2v) is 11.0. The first-order valence-electron chi connectivity index (χ1n) is 12.3. The Hall–Kier alpha value is -3.37. The van der Waals surface area contributed by atoms with Crippen molar-refractivity contribution in [3.8, 4) is 5.75 Å². The Morgan fingerprint density at radius 1 is 1.05 bits per heavy atom. The van der Waals surface area contributed by atoms with Gasteiger partial charge in [0.25, 0.3) is 5.56 Å². The van der Waals surface area contributed by atoms with Crippen LogP contribution in [0.25, 0.3) is 10.9 Å². The van der Waals surface area contributed by atoms with Crippen LogP contribution in [0.3, 0.4) is 0 Å². The molecule has 194 valence electrons. The number of hydrogen-bond donors (Lipinski definition) is 0. The highest BCUT2D eigenvalue weighted by molar-refractivity contribution is 9.10. The van der Waals surface area contributed by atoms with Crippen molar-refractivity contribution in [3.63, 3.8) is 0 Å². The van der Waals surface area contributed by atoms with Crippen molar-refractivity contribution in [1.82, 2.24) is 9.66 Å². The average molecular weight is 640 g/mol. The third-order valence-electron chi connectivity index (χ3n) is 6.60. The van der Waals surface area contributed by atoms with Crippen molar-refractivity contribution < 1.29 is 9.66 Å². The predicted octanol–water partition coefficient (Wildman–Crippen LogP) is 7.34. The molecule has 38 heavy (non-hydrogen) atoms. The molecular weight excluding hydrogens is 616 g/mol. The van der Waals surface area contributed by atoms with Crippen LogP contribution in [-0.4, -0.2) is 20.8 Å². The molecule has 1 aliphatic rings. The second-order valence-electron chi connectivity index (χ2n) is 9.20. The molecule has 1 heterocycles. The van der Waals surface area contributed by atoms with Crippen LogP contribution in [-0.2, 0) is 6.61 Å². The Morgan fingerprint density at radius 3 is 2.55 bits per heavy atom. The summed E-state index contributed by atoms with van der Waals surface area (Å²) in [6.45, 7) is 0.142. The van der Waals surface area contributed by atoms with E-state index in [2.05, 4.69) is 37.0 Å². The van der Waals surface area contributed by atoms with Crippen LogP contribution in [0, 0.1) is 10.1 Å². The van der Waals surface area contributed by atoms with Crippen molar-refractivity contribution >= 4 is 54.7 Å². The summed E-state index contributed by atoms with van der Waals surface area (Å²) in [5, 5.41) is 16.9. The number of fused-ring (bicyclic) bond motifs is 1. The Morgan fingerprint density at radius 2 is 1.82 bits per heavy atom. The van der Waals surface area contributed by atoms with Gasteiger partial charge in [-0.2, -0.15) is 9.78 Å². The first-order chi connectivity index (χ1) is 18.4. The fraction of sp³-hybridized carbons (Fsp3) is 0.250. The smallest absolute Gasteiger partial charge is 0.312 e. The fourth-order valence-electron chi connectivity index (χ4n) is 4.74. The molecule has 0 bridgehead atoms. The minimum atomic E-state index is -0.489. The quantitative estimate of drug-likeness (QED) is 0.120. The third-order valence-corrected chi connectivity index (χ3v) is 7.55. The van der Waals surface area contributed by atoms with Crippen molar-refractivity contribution in [2.45, 2.75) is 44.6 Å². The lowest BCUT2D eigenvalue weighted by atomic mass is 9.88. The number of rotatable bonds is 7.